The Morgan fingerprint density at radius 2 is 1.71 bits per heavy atom. The van der Waals surface area contributed by atoms with Crippen molar-refractivity contribution >= 4 is 15.5 Å². The molecule has 0 aliphatic carbocycles. The number of nitrogens with zero attached hydrogens (tertiary/aromatic N) is 1. The first-order valence-corrected chi connectivity index (χ1v) is 11.0. The Morgan fingerprint density at radius 3 is 2.39 bits per heavy atom. The molecule has 0 aliphatic heterocycles. The largest absolute Gasteiger partial charge is 0.398 e. The average molecular weight is 395 g/mol. The molecule has 4 nitrogen and oxygen atoms in total. The summed E-state index contributed by atoms with van der Waals surface area (Å²) >= 11 is 0. The number of aryl methyl sites for hydroxylation is 3. The van der Waals surface area contributed by atoms with Gasteiger partial charge in [-0.3, -0.25) is 4.98 Å². The molecular formula is C23H26N2O2S. The standard InChI is InChI=1S/C23H26N2O2S/c1-6-28(26,27)19-9-7-8-18(12-19)21-11-15(3)16(4)23(24)22(21)20-10-14(2)13-25-17(20)5/h7-13H,6,24H2,1-5H3. The van der Waals surface area contributed by atoms with Crippen molar-refractivity contribution in [3.63, 3.8) is 0 Å². The molecule has 146 valence electrons. The van der Waals surface area contributed by atoms with E-state index in [1.165, 1.54) is 0 Å². The van der Waals surface area contributed by atoms with Crippen LogP contribution in [-0.2, 0) is 9.84 Å². The number of anilines is 1. The van der Waals surface area contributed by atoms with E-state index in [0.29, 0.717) is 10.6 Å². The van der Waals surface area contributed by atoms with Crippen LogP contribution in [0.1, 0.15) is 29.3 Å². The van der Waals surface area contributed by atoms with E-state index >= 15 is 0 Å². The molecule has 0 amide bonds. The molecule has 0 radical (unpaired) electrons. The predicted molar refractivity (Wildman–Crippen MR) is 116 cm³/mol. The lowest BCUT2D eigenvalue weighted by atomic mass is 9.88. The Kier molecular flexibility index (Phi) is 5.31. The van der Waals surface area contributed by atoms with Crippen LogP contribution in [0.5, 0.6) is 0 Å². The van der Waals surface area contributed by atoms with Gasteiger partial charge in [0.1, 0.15) is 0 Å². The van der Waals surface area contributed by atoms with Gasteiger partial charge in [-0.05, 0) is 73.7 Å². The summed E-state index contributed by atoms with van der Waals surface area (Å²) in [5.41, 5.74) is 14.9. The van der Waals surface area contributed by atoms with Crippen LogP contribution in [0, 0.1) is 27.7 Å². The highest BCUT2D eigenvalue weighted by molar-refractivity contribution is 7.91. The smallest absolute Gasteiger partial charge is 0.178 e. The van der Waals surface area contributed by atoms with Crippen molar-refractivity contribution < 1.29 is 8.42 Å². The van der Waals surface area contributed by atoms with Gasteiger partial charge in [0.05, 0.1) is 10.6 Å². The summed E-state index contributed by atoms with van der Waals surface area (Å²) in [6.45, 7) is 9.65. The van der Waals surface area contributed by atoms with E-state index in [4.69, 9.17) is 5.73 Å². The normalized spacial score (nSPS) is 11.6. The van der Waals surface area contributed by atoms with Crippen molar-refractivity contribution in [3.05, 3.63) is 65.0 Å². The molecule has 0 spiro atoms. The van der Waals surface area contributed by atoms with Crippen LogP contribution < -0.4 is 5.73 Å². The van der Waals surface area contributed by atoms with E-state index in [0.717, 1.165) is 44.6 Å². The number of hydrogen-bond acceptors (Lipinski definition) is 4. The number of nitrogens with two attached hydrogens (primary N) is 1. The first kappa shape index (κ1) is 20.1. The molecule has 1 aromatic heterocycles. The fourth-order valence-electron chi connectivity index (χ4n) is 3.37. The van der Waals surface area contributed by atoms with Crippen molar-refractivity contribution in [1.29, 1.82) is 0 Å². The quantitative estimate of drug-likeness (QED) is 0.630. The van der Waals surface area contributed by atoms with Gasteiger partial charge in [-0.2, -0.15) is 0 Å². The maximum atomic E-state index is 12.4. The third kappa shape index (κ3) is 3.54. The molecular weight excluding hydrogens is 368 g/mol. The predicted octanol–water partition coefficient (Wildman–Crippen LogP) is 5.03. The van der Waals surface area contributed by atoms with Crippen LogP contribution in [0.4, 0.5) is 5.69 Å². The molecule has 2 N–H and O–H groups in total. The highest BCUT2D eigenvalue weighted by Crippen LogP contribution is 2.41. The number of rotatable bonds is 4. The van der Waals surface area contributed by atoms with Gasteiger partial charge in [0.25, 0.3) is 0 Å². The van der Waals surface area contributed by atoms with Crippen molar-refractivity contribution in [1.82, 2.24) is 4.98 Å². The lowest BCUT2D eigenvalue weighted by Gasteiger charge is -2.19. The molecule has 5 heteroatoms. The Balaban J connectivity index is 2.37. The number of nitrogen functional groups attached to an aromatic ring is 1. The first-order chi connectivity index (χ1) is 13.2. The Morgan fingerprint density at radius 1 is 1.00 bits per heavy atom. The topological polar surface area (TPSA) is 73.0 Å². The number of sulfone groups is 1. The lowest BCUT2D eigenvalue weighted by Crippen LogP contribution is -2.04. The Bertz CT molecular complexity index is 1170. The van der Waals surface area contributed by atoms with Crippen LogP contribution >= 0.6 is 0 Å². The van der Waals surface area contributed by atoms with Crippen LogP contribution in [0.2, 0.25) is 0 Å². The minimum atomic E-state index is -3.29. The average Bonchev–Trinajstić information content (AvgIpc) is 2.68. The molecule has 0 bridgehead atoms. The van der Waals surface area contributed by atoms with Crippen molar-refractivity contribution in [2.75, 3.05) is 11.5 Å². The van der Waals surface area contributed by atoms with E-state index in [9.17, 15) is 8.42 Å². The second-order valence-corrected chi connectivity index (χ2v) is 9.51. The number of benzene rings is 2. The number of pyridine rings is 1. The van der Waals surface area contributed by atoms with Gasteiger partial charge in [-0.1, -0.05) is 25.1 Å². The number of hydrogen-bond donors (Lipinski definition) is 1. The monoisotopic (exact) mass is 394 g/mol. The van der Waals surface area contributed by atoms with Crippen LogP contribution in [0.3, 0.4) is 0 Å². The van der Waals surface area contributed by atoms with Crippen LogP contribution in [0.25, 0.3) is 22.3 Å². The third-order valence-corrected chi connectivity index (χ3v) is 7.00. The zero-order chi connectivity index (χ0) is 20.6. The van der Waals surface area contributed by atoms with Gasteiger partial charge in [0, 0.05) is 28.7 Å². The molecule has 0 atom stereocenters. The highest BCUT2D eigenvalue weighted by Gasteiger charge is 2.19. The zero-order valence-electron chi connectivity index (χ0n) is 17.0. The molecule has 0 unspecified atom stereocenters. The minimum absolute atomic E-state index is 0.0687. The number of aromatic nitrogens is 1. The molecule has 0 saturated carbocycles. The SMILES string of the molecule is CCS(=O)(=O)c1cccc(-c2cc(C)c(C)c(N)c2-c2cc(C)cnc2C)c1. The maximum absolute atomic E-state index is 12.4. The van der Waals surface area contributed by atoms with Gasteiger partial charge < -0.3 is 5.73 Å². The highest BCUT2D eigenvalue weighted by atomic mass is 32.2. The van der Waals surface area contributed by atoms with E-state index < -0.39 is 9.84 Å². The van der Waals surface area contributed by atoms with Crippen molar-refractivity contribution in [2.24, 2.45) is 0 Å². The van der Waals surface area contributed by atoms with Crippen molar-refractivity contribution in [2.45, 2.75) is 39.5 Å². The molecule has 0 saturated heterocycles. The second kappa shape index (κ2) is 7.40. The fourth-order valence-corrected chi connectivity index (χ4v) is 4.30. The molecule has 0 fully saturated rings. The van der Waals surface area contributed by atoms with E-state index in [2.05, 4.69) is 17.1 Å². The summed E-state index contributed by atoms with van der Waals surface area (Å²) in [5.74, 6) is 0.0687. The molecule has 28 heavy (non-hydrogen) atoms. The molecule has 3 rings (SSSR count). The summed E-state index contributed by atoms with van der Waals surface area (Å²) < 4.78 is 24.8. The molecule has 3 aromatic rings. The molecule has 0 aliphatic rings. The molecule has 1 heterocycles. The summed E-state index contributed by atoms with van der Waals surface area (Å²) in [7, 11) is -3.29. The van der Waals surface area contributed by atoms with Crippen LogP contribution in [-0.4, -0.2) is 19.2 Å². The molecule has 2 aromatic carbocycles. The van der Waals surface area contributed by atoms with E-state index in [1.54, 1.807) is 25.1 Å². The van der Waals surface area contributed by atoms with Gasteiger partial charge in [-0.15, -0.1) is 0 Å². The lowest BCUT2D eigenvalue weighted by molar-refractivity contribution is 0.597. The van der Waals surface area contributed by atoms with Gasteiger partial charge in [0.2, 0.25) is 0 Å². The van der Waals surface area contributed by atoms with Crippen LogP contribution in [0.15, 0.2) is 47.5 Å². The summed E-state index contributed by atoms with van der Waals surface area (Å²) in [5, 5.41) is 0. The third-order valence-electron chi connectivity index (χ3n) is 5.27. The van der Waals surface area contributed by atoms with E-state index in [-0.39, 0.29) is 5.75 Å². The summed E-state index contributed by atoms with van der Waals surface area (Å²) in [6.07, 6.45) is 1.84. The Labute approximate surface area is 167 Å². The van der Waals surface area contributed by atoms with Gasteiger partial charge in [0.15, 0.2) is 9.84 Å². The first-order valence-electron chi connectivity index (χ1n) is 9.32. The van der Waals surface area contributed by atoms with Gasteiger partial charge in [-0.25, -0.2) is 8.42 Å². The van der Waals surface area contributed by atoms with E-state index in [1.807, 2.05) is 40.0 Å². The summed E-state index contributed by atoms with van der Waals surface area (Å²) in [4.78, 5) is 4.83. The maximum Gasteiger partial charge on any atom is 0.178 e. The fraction of sp³-hybridized carbons (Fsp3) is 0.261. The zero-order valence-corrected chi connectivity index (χ0v) is 17.8. The summed E-state index contributed by atoms with van der Waals surface area (Å²) in [6, 6.07) is 11.3. The van der Waals surface area contributed by atoms with Crippen molar-refractivity contribution in [3.8, 4) is 22.3 Å². The minimum Gasteiger partial charge on any atom is -0.398 e. The van der Waals surface area contributed by atoms with Gasteiger partial charge >= 0.3 is 0 Å². The Hall–Kier alpha value is -2.66. The second-order valence-electron chi connectivity index (χ2n) is 7.23.